The number of methoxy groups -OCH3 is 1. The van der Waals surface area contributed by atoms with Crippen LogP contribution in [0, 0.1) is 11.3 Å². The monoisotopic (exact) mass is 421 g/mol. The van der Waals surface area contributed by atoms with Crippen molar-refractivity contribution in [3.8, 4) is 23.1 Å². The molecule has 0 aliphatic carbocycles. The summed E-state index contributed by atoms with van der Waals surface area (Å²) in [5.74, 6) is 0.594. The largest absolute Gasteiger partial charge is 0.497 e. The standard InChI is InChI=1S/C22H21N3O2.C2H6.CH4O/c1-4-5-6-21(26)24-16-9-7-15(8-10-16)22-19(14-23)18-12-11-17(27-3)13-20(18)25(22)2;2*1-2/h5-13H,4H2,1-3H3,(H,24,26);1-2H3;2H,1H3/b6-5+;;. The lowest BCUT2D eigenvalue weighted by Crippen LogP contribution is -2.07. The molecule has 0 unspecified atom stereocenters. The number of aromatic nitrogens is 1. The van der Waals surface area contributed by atoms with Gasteiger partial charge in [0.15, 0.2) is 0 Å². The average Bonchev–Trinajstić information content (AvgIpc) is 3.11. The topological polar surface area (TPSA) is 87.3 Å². The van der Waals surface area contributed by atoms with Gasteiger partial charge in [0.05, 0.1) is 23.9 Å². The first-order valence-electron chi connectivity index (χ1n) is 10.2. The number of nitrogens with one attached hydrogen (secondary N) is 1. The average molecular weight is 422 g/mol. The van der Waals surface area contributed by atoms with Gasteiger partial charge in [-0.25, -0.2) is 0 Å². The minimum absolute atomic E-state index is 0.154. The zero-order chi connectivity index (χ0) is 23.4. The second-order valence-corrected chi connectivity index (χ2v) is 6.15. The van der Waals surface area contributed by atoms with Crippen molar-refractivity contribution < 1.29 is 14.6 Å². The van der Waals surface area contributed by atoms with E-state index in [0.29, 0.717) is 11.3 Å². The molecule has 3 rings (SSSR count). The van der Waals surface area contributed by atoms with Gasteiger partial charge >= 0.3 is 0 Å². The van der Waals surface area contributed by atoms with Crippen LogP contribution in [0.25, 0.3) is 22.2 Å². The quantitative estimate of drug-likeness (QED) is 0.550. The molecule has 1 aromatic heterocycles. The van der Waals surface area contributed by atoms with Crippen molar-refractivity contribution in [2.75, 3.05) is 19.5 Å². The summed E-state index contributed by atoms with van der Waals surface area (Å²) in [5.41, 5.74) is 4.01. The van der Waals surface area contributed by atoms with Crippen molar-refractivity contribution in [1.82, 2.24) is 4.57 Å². The Morgan fingerprint density at radius 3 is 2.39 bits per heavy atom. The van der Waals surface area contributed by atoms with E-state index >= 15 is 0 Å². The van der Waals surface area contributed by atoms with Crippen molar-refractivity contribution >= 4 is 22.5 Å². The third-order valence-electron chi connectivity index (χ3n) is 4.45. The number of aliphatic hydroxyl groups excluding tert-OH is 1. The van der Waals surface area contributed by atoms with Crippen LogP contribution in [0.4, 0.5) is 5.69 Å². The molecule has 3 aromatic rings. The maximum atomic E-state index is 11.8. The van der Waals surface area contributed by atoms with Crippen LogP contribution < -0.4 is 10.1 Å². The van der Waals surface area contributed by atoms with Crippen molar-refractivity contribution in [2.24, 2.45) is 7.05 Å². The number of benzene rings is 2. The highest BCUT2D eigenvalue weighted by Crippen LogP contribution is 2.34. The number of nitriles is 1. The third kappa shape index (κ3) is 5.97. The van der Waals surface area contributed by atoms with Gasteiger partial charge in [-0.05, 0) is 42.3 Å². The fourth-order valence-electron chi connectivity index (χ4n) is 3.11. The van der Waals surface area contributed by atoms with Gasteiger partial charge in [0.1, 0.15) is 11.8 Å². The number of hydrogen-bond acceptors (Lipinski definition) is 4. The van der Waals surface area contributed by atoms with Crippen molar-refractivity contribution in [3.63, 3.8) is 0 Å². The van der Waals surface area contributed by atoms with Gasteiger partial charge in [-0.15, -0.1) is 0 Å². The molecule has 0 radical (unpaired) electrons. The summed E-state index contributed by atoms with van der Waals surface area (Å²) in [6, 6.07) is 15.5. The molecule has 6 nitrogen and oxygen atoms in total. The lowest BCUT2D eigenvalue weighted by Gasteiger charge is -2.08. The number of aryl methyl sites for hydroxylation is 1. The van der Waals surface area contributed by atoms with Gasteiger partial charge in [0.25, 0.3) is 0 Å². The van der Waals surface area contributed by atoms with E-state index in [9.17, 15) is 10.1 Å². The van der Waals surface area contributed by atoms with Crippen LogP contribution >= 0.6 is 0 Å². The summed E-state index contributed by atoms with van der Waals surface area (Å²) < 4.78 is 7.30. The Morgan fingerprint density at radius 2 is 1.84 bits per heavy atom. The maximum Gasteiger partial charge on any atom is 0.248 e. The molecule has 0 aliphatic rings. The normalized spacial score (nSPS) is 9.87. The molecule has 1 heterocycles. The Morgan fingerprint density at radius 1 is 1.19 bits per heavy atom. The van der Waals surface area contributed by atoms with Gasteiger partial charge in [0, 0.05) is 31.3 Å². The number of rotatable bonds is 5. The number of nitrogens with zero attached hydrogens (tertiary/aromatic N) is 2. The van der Waals surface area contributed by atoms with Gasteiger partial charge in [-0.3, -0.25) is 4.79 Å². The molecule has 2 aromatic carbocycles. The van der Waals surface area contributed by atoms with Crippen LogP contribution in [0.1, 0.15) is 32.8 Å². The summed E-state index contributed by atoms with van der Waals surface area (Å²) in [4.78, 5) is 11.8. The third-order valence-corrected chi connectivity index (χ3v) is 4.45. The summed E-state index contributed by atoms with van der Waals surface area (Å²) >= 11 is 0. The number of carbonyl (C=O) groups is 1. The van der Waals surface area contributed by atoms with Gasteiger partial charge in [-0.1, -0.05) is 39.0 Å². The van der Waals surface area contributed by atoms with E-state index in [0.717, 1.165) is 41.4 Å². The molecule has 0 spiro atoms. The molecular weight excluding hydrogens is 390 g/mol. The lowest BCUT2D eigenvalue weighted by atomic mass is 10.1. The Bertz CT molecular complexity index is 1060. The number of hydrogen-bond donors (Lipinski definition) is 2. The Kier molecular flexibility index (Phi) is 10.6. The van der Waals surface area contributed by atoms with E-state index in [2.05, 4.69) is 11.4 Å². The van der Waals surface area contributed by atoms with E-state index < -0.39 is 0 Å². The van der Waals surface area contributed by atoms with Crippen LogP contribution in [-0.2, 0) is 11.8 Å². The van der Waals surface area contributed by atoms with Crippen LogP contribution in [0.5, 0.6) is 5.75 Å². The van der Waals surface area contributed by atoms with Crippen molar-refractivity contribution in [2.45, 2.75) is 27.2 Å². The predicted octanol–water partition coefficient (Wildman–Crippen LogP) is 5.26. The minimum atomic E-state index is -0.154. The zero-order valence-corrected chi connectivity index (χ0v) is 19.1. The number of carbonyl (C=O) groups excluding carboxylic acids is 1. The van der Waals surface area contributed by atoms with Gasteiger partial charge < -0.3 is 19.7 Å². The lowest BCUT2D eigenvalue weighted by molar-refractivity contribution is -0.111. The molecular formula is C25H31N3O3. The number of anilines is 1. The summed E-state index contributed by atoms with van der Waals surface area (Å²) in [6.45, 7) is 5.98. The number of fused-ring (bicyclic) bond motifs is 1. The molecule has 0 saturated carbocycles. The van der Waals surface area contributed by atoms with E-state index in [-0.39, 0.29) is 5.91 Å². The highest BCUT2D eigenvalue weighted by Gasteiger charge is 2.17. The van der Waals surface area contributed by atoms with Crippen LogP contribution in [-0.4, -0.2) is 29.8 Å². The first kappa shape index (κ1) is 25.5. The van der Waals surface area contributed by atoms with Crippen LogP contribution in [0.2, 0.25) is 0 Å². The Hall–Kier alpha value is -3.56. The number of amides is 1. The summed E-state index contributed by atoms with van der Waals surface area (Å²) in [6.07, 6.45) is 4.15. The molecule has 164 valence electrons. The smallest absolute Gasteiger partial charge is 0.248 e. The van der Waals surface area contributed by atoms with Crippen LogP contribution in [0.15, 0.2) is 54.6 Å². The molecule has 2 N–H and O–H groups in total. The van der Waals surface area contributed by atoms with E-state index in [1.807, 2.05) is 80.9 Å². The molecule has 0 saturated heterocycles. The van der Waals surface area contributed by atoms with E-state index in [1.54, 1.807) is 7.11 Å². The summed E-state index contributed by atoms with van der Waals surface area (Å²) in [7, 11) is 4.56. The molecule has 0 fully saturated rings. The fourth-order valence-corrected chi connectivity index (χ4v) is 3.11. The second-order valence-electron chi connectivity index (χ2n) is 6.15. The first-order chi connectivity index (χ1) is 15.1. The minimum Gasteiger partial charge on any atom is -0.497 e. The number of aliphatic hydroxyl groups is 1. The van der Waals surface area contributed by atoms with Crippen molar-refractivity contribution in [1.29, 1.82) is 5.26 Å². The van der Waals surface area contributed by atoms with Gasteiger partial charge in [0.2, 0.25) is 5.91 Å². The maximum absolute atomic E-state index is 11.8. The summed E-state index contributed by atoms with van der Waals surface area (Å²) in [5, 5.41) is 20.4. The van der Waals surface area contributed by atoms with E-state index in [1.165, 1.54) is 6.08 Å². The molecule has 6 heteroatoms. The molecule has 0 bridgehead atoms. The Labute approximate surface area is 184 Å². The highest BCUT2D eigenvalue weighted by molar-refractivity contribution is 5.99. The highest BCUT2D eigenvalue weighted by atomic mass is 16.5. The fraction of sp³-hybridized carbons (Fsp3) is 0.280. The predicted molar refractivity (Wildman–Crippen MR) is 127 cm³/mol. The van der Waals surface area contributed by atoms with Gasteiger partial charge in [-0.2, -0.15) is 5.26 Å². The molecule has 0 atom stereocenters. The zero-order valence-electron chi connectivity index (χ0n) is 19.1. The number of ether oxygens (including phenoxy) is 1. The van der Waals surface area contributed by atoms with E-state index in [4.69, 9.17) is 9.84 Å². The second kappa shape index (κ2) is 12.9. The number of allylic oxidation sites excluding steroid dienone is 1. The SMILES string of the molecule is CC.CC/C=C/C(=O)Nc1ccc(-c2c(C#N)c3ccc(OC)cc3n2C)cc1.CO. The van der Waals surface area contributed by atoms with Crippen molar-refractivity contribution in [3.05, 3.63) is 60.2 Å². The molecule has 31 heavy (non-hydrogen) atoms. The Balaban J connectivity index is 0.00000113. The molecule has 1 amide bonds. The van der Waals surface area contributed by atoms with Crippen LogP contribution in [0.3, 0.4) is 0 Å². The first-order valence-corrected chi connectivity index (χ1v) is 10.2. The molecule has 0 aliphatic heterocycles.